The smallest absolute Gasteiger partial charge is 0.0516 e. The summed E-state index contributed by atoms with van der Waals surface area (Å²) < 4.78 is 0. The predicted octanol–water partition coefficient (Wildman–Crippen LogP) is 2.31. The molecule has 1 aliphatic carbocycles. The van der Waals surface area contributed by atoms with Crippen LogP contribution in [0.25, 0.3) is 11.1 Å². The molecule has 4 N–H and O–H groups in total. The van der Waals surface area contributed by atoms with E-state index in [-0.39, 0.29) is 0 Å². The van der Waals surface area contributed by atoms with Crippen LogP contribution in [0.2, 0.25) is 0 Å². The molecule has 2 heteroatoms. The van der Waals surface area contributed by atoms with Gasteiger partial charge in [0.1, 0.15) is 0 Å². The molecule has 0 bridgehead atoms. The normalized spacial score (nSPS) is 12.3. The van der Waals surface area contributed by atoms with Crippen LogP contribution in [0.5, 0.6) is 0 Å². The summed E-state index contributed by atoms with van der Waals surface area (Å²) in [5.74, 6) is 0. The van der Waals surface area contributed by atoms with E-state index in [1.165, 1.54) is 11.1 Å². The van der Waals surface area contributed by atoms with Crippen LogP contribution >= 0.6 is 0 Å². The second-order valence-corrected chi connectivity index (χ2v) is 3.74. The van der Waals surface area contributed by atoms with Gasteiger partial charge in [0.05, 0.1) is 6.42 Å². The highest BCUT2D eigenvalue weighted by atomic mass is 14.6. The van der Waals surface area contributed by atoms with E-state index in [0.717, 1.165) is 22.5 Å². The van der Waals surface area contributed by atoms with E-state index in [9.17, 15) is 0 Å². The summed E-state index contributed by atoms with van der Waals surface area (Å²) in [5.41, 5.74) is 17.5. The summed E-state index contributed by atoms with van der Waals surface area (Å²) >= 11 is 0. The topological polar surface area (TPSA) is 52.0 Å². The van der Waals surface area contributed by atoms with Gasteiger partial charge in [-0.3, -0.25) is 0 Å². The largest absolute Gasteiger partial charge is 0.399 e. The van der Waals surface area contributed by atoms with Crippen molar-refractivity contribution >= 4 is 11.4 Å². The molecular weight excluding hydrogens is 184 g/mol. The molecule has 0 atom stereocenters. The molecule has 0 heterocycles. The molecular formula is C13H10N2. The number of hydrogen-bond donors (Lipinski definition) is 2. The molecule has 2 aromatic rings. The van der Waals surface area contributed by atoms with Crippen molar-refractivity contribution in [3.05, 3.63) is 53.9 Å². The van der Waals surface area contributed by atoms with Crippen LogP contribution < -0.4 is 11.5 Å². The van der Waals surface area contributed by atoms with Gasteiger partial charge in [0.15, 0.2) is 0 Å². The van der Waals surface area contributed by atoms with Crippen LogP contribution in [0.3, 0.4) is 0 Å². The van der Waals surface area contributed by atoms with E-state index in [4.69, 9.17) is 11.5 Å². The van der Waals surface area contributed by atoms with E-state index >= 15 is 0 Å². The highest BCUT2D eigenvalue weighted by molar-refractivity contribution is 5.83. The molecule has 0 aromatic heterocycles. The first-order valence-corrected chi connectivity index (χ1v) is 4.80. The quantitative estimate of drug-likeness (QED) is 0.539. The van der Waals surface area contributed by atoms with E-state index in [0.29, 0.717) is 0 Å². The second-order valence-electron chi connectivity index (χ2n) is 3.74. The molecule has 2 nitrogen and oxygen atoms in total. The summed E-state index contributed by atoms with van der Waals surface area (Å²) in [6, 6.07) is 11.7. The maximum atomic E-state index is 5.73. The standard InChI is InChI=1S/C13H10N2/c14-10-1-3-12-8(6-10)5-9-7-11(15)2-4-13(9)12/h1-4,6-7H,14-15H2. The Labute approximate surface area is 88.5 Å². The van der Waals surface area contributed by atoms with Crippen molar-refractivity contribution in [3.8, 4) is 11.1 Å². The number of hydrogen-bond acceptors (Lipinski definition) is 2. The molecule has 72 valence electrons. The highest BCUT2D eigenvalue weighted by Crippen LogP contribution is 2.39. The fourth-order valence-electron chi connectivity index (χ4n) is 1.95. The third-order valence-electron chi connectivity index (χ3n) is 2.65. The van der Waals surface area contributed by atoms with Crippen molar-refractivity contribution in [1.29, 1.82) is 0 Å². The third kappa shape index (κ3) is 1.18. The summed E-state index contributed by atoms with van der Waals surface area (Å²) in [5, 5.41) is 0. The minimum Gasteiger partial charge on any atom is -0.399 e. The molecule has 0 fully saturated rings. The van der Waals surface area contributed by atoms with Gasteiger partial charge in [0.2, 0.25) is 0 Å². The maximum Gasteiger partial charge on any atom is 0.0516 e. The van der Waals surface area contributed by atoms with Gasteiger partial charge in [-0.2, -0.15) is 0 Å². The first kappa shape index (κ1) is 8.36. The molecule has 0 saturated carbocycles. The highest BCUT2D eigenvalue weighted by Gasteiger charge is 2.18. The SMILES string of the molecule is Nc1ccc2c(c1)[C]c1cc(N)ccc1-2. The molecule has 0 spiro atoms. The van der Waals surface area contributed by atoms with Crippen molar-refractivity contribution in [2.24, 2.45) is 0 Å². The van der Waals surface area contributed by atoms with Gasteiger partial charge in [-0.05, 0) is 46.5 Å². The average molecular weight is 194 g/mol. The average Bonchev–Trinajstić information content (AvgIpc) is 2.53. The lowest BCUT2D eigenvalue weighted by molar-refractivity contribution is 1.54. The van der Waals surface area contributed by atoms with E-state index in [1.54, 1.807) is 0 Å². The van der Waals surface area contributed by atoms with Crippen molar-refractivity contribution in [2.45, 2.75) is 0 Å². The van der Waals surface area contributed by atoms with Crippen LogP contribution in [0.15, 0.2) is 36.4 Å². The zero-order valence-electron chi connectivity index (χ0n) is 8.12. The lowest BCUT2D eigenvalue weighted by Crippen LogP contribution is -1.85. The van der Waals surface area contributed by atoms with Crippen LogP contribution in [0, 0.1) is 6.42 Å². The Bertz CT molecular complexity index is 495. The fraction of sp³-hybridized carbons (Fsp3) is 0. The van der Waals surface area contributed by atoms with Crippen molar-refractivity contribution in [1.82, 2.24) is 0 Å². The van der Waals surface area contributed by atoms with Gasteiger partial charge in [0.25, 0.3) is 0 Å². The summed E-state index contributed by atoms with van der Waals surface area (Å²) in [4.78, 5) is 0. The Morgan fingerprint density at radius 2 is 1.20 bits per heavy atom. The van der Waals surface area contributed by atoms with Gasteiger partial charge in [0, 0.05) is 11.4 Å². The lowest BCUT2D eigenvalue weighted by Gasteiger charge is -2.01. The summed E-state index contributed by atoms with van der Waals surface area (Å²) in [6.07, 6.45) is 3.30. The molecule has 15 heavy (non-hydrogen) atoms. The number of benzene rings is 2. The third-order valence-corrected chi connectivity index (χ3v) is 2.65. The van der Waals surface area contributed by atoms with Crippen molar-refractivity contribution < 1.29 is 0 Å². The molecule has 1 aliphatic rings. The molecule has 2 aromatic carbocycles. The van der Waals surface area contributed by atoms with Crippen LogP contribution in [-0.2, 0) is 0 Å². The Balaban J connectivity index is 2.24. The first-order chi connectivity index (χ1) is 7.24. The number of nitrogens with two attached hydrogens (primary N) is 2. The molecule has 0 amide bonds. The Morgan fingerprint density at radius 3 is 1.67 bits per heavy atom. The number of anilines is 2. The van der Waals surface area contributed by atoms with E-state index in [2.05, 4.69) is 6.42 Å². The van der Waals surface area contributed by atoms with Gasteiger partial charge >= 0.3 is 0 Å². The van der Waals surface area contributed by atoms with Crippen LogP contribution in [0.1, 0.15) is 11.1 Å². The van der Waals surface area contributed by atoms with Crippen molar-refractivity contribution in [3.63, 3.8) is 0 Å². The maximum absolute atomic E-state index is 5.73. The second kappa shape index (κ2) is 2.76. The van der Waals surface area contributed by atoms with E-state index in [1.807, 2.05) is 36.4 Å². The minimum atomic E-state index is 0.766. The zero-order valence-corrected chi connectivity index (χ0v) is 8.12. The van der Waals surface area contributed by atoms with E-state index < -0.39 is 0 Å². The lowest BCUT2D eigenvalue weighted by atomic mass is 10.1. The summed E-state index contributed by atoms with van der Waals surface area (Å²) in [6.45, 7) is 0. The Morgan fingerprint density at radius 1 is 0.733 bits per heavy atom. The van der Waals surface area contributed by atoms with Gasteiger partial charge in [-0.1, -0.05) is 12.1 Å². The van der Waals surface area contributed by atoms with Crippen LogP contribution in [0.4, 0.5) is 11.4 Å². The molecule has 0 saturated heterocycles. The van der Waals surface area contributed by atoms with Gasteiger partial charge in [-0.15, -0.1) is 0 Å². The first-order valence-electron chi connectivity index (χ1n) is 4.80. The Hall–Kier alpha value is -1.96. The number of nitrogen functional groups attached to an aromatic ring is 2. The monoisotopic (exact) mass is 194 g/mol. The number of fused-ring (bicyclic) bond motifs is 3. The number of rotatable bonds is 0. The molecule has 0 aliphatic heterocycles. The molecule has 3 rings (SSSR count). The van der Waals surface area contributed by atoms with Gasteiger partial charge in [-0.25, -0.2) is 0 Å². The molecule has 2 radical (unpaired) electrons. The van der Waals surface area contributed by atoms with Gasteiger partial charge < -0.3 is 11.5 Å². The van der Waals surface area contributed by atoms with Crippen molar-refractivity contribution in [2.75, 3.05) is 11.5 Å². The Kier molecular flexibility index (Phi) is 1.54. The molecule has 0 unspecified atom stereocenters. The summed E-state index contributed by atoms with van der Waals surface area (Å²) in [7, 11) is 0. The fourth-order valence-corrected chi connectivity index (χ4v) is 1.95. The minimum absolute atomic E-state index is 0.766. The zero-order chi connectivity index (χ0) is 10.4. The van der Waals surface area contributed by atoms with Crippen LogP contribution in [-0.4, -0.2) is 0 Å². The predicted molar refractivity (Wildman–Crippen MR) is 62.1 cm³/mol.